The van der Waals surface area contributed by atoms with Gasteiger partial charge in [0.15, 0.2) is 0 Å². The lowest BCUT2D eigenvalue weighted by Crippen LogP contribution is -2.19. The molecule has 0 aliphatic carbocycles. The molecule has 0 spiro atoms. The highest BCUT2D eigenvalue weighted by atomic mass is 19.4. The minimum atomic E-state index is -4.41. The monoisotopic (exact) mass is 299 g/mol. The van der Waals surface area contributed by atoms with Crippen LogP contribution in [0, 0.1) is 5.82 Å². The van der Waals surface area contributed by atoms with Crippen molar-refractivity contribution in [1.82, 2.24) is 0 Å². The Balaban J connectivity index is 2.03. The zero-order valence-electron chi connectivity index (χ0n) is 10.9. The fourth-order valence-corrected chi connectivity index (χ4v) is 1.76. The van der Waals surface area contributed by atoms with Crippen LogP contribution in [0.2, 0.25) is 0 Å². The molecule has 2 aromatic rings. The van der Waals surface area contributed by atoms with Crippen LogP contribution in [0.4, 0.5) is 17.6 Å². The molecule has 0 aromatic heterocycles. The number of ether oxygens (including phenoxy) is 1. The lowest BCUT2D eigenvalue weighted by Gasteiger charge is -2.15. The minimum absolute atomic E-state index is 0.00700. The third kappa shape index (κ3) is 4.19. The summed E-state index contributed by atoms with van der Waals surface area (Å²) in [5.41, 5.74) is 5.39. The summed E-state index contributed by atoms with van der Waals surface area (Å²) in [6, 6.07) is 9.38. The van der Waals surface area contributed by atoms with Gasteiger partial charge in [-0.05, 0) is 42.0 Å². The summed E-state index contributed by atoms with van der Waals surface area (Å²) in [6.45, 7) is -0.00700. The van der Waals surface area contributed by atoms with Gasteiger partial charge in [-0.15, -0.1) is 0 Å². The smallest absolute Gasteiger partial charge is 0.416 e. The summed E-state index contributed by atoms with van der Waals surface area (Å²) in [6.07, 6.45) is -4.41. The second kappa shape index (κ2) is 6.13. The molecule has 1 atom stereocenters. The van der Waals surface area contributed by atoms with Gasteiger partial charge in [0.25, 0.3) is 0 Å². The van der Waals surface area contributed by atoms with Crippen molar-refractivity contribution in [2.75, 3.05) is 6.61 Å². The summed E-state index contributed by atoms with van der Waals surface area (Å²) >= 11 is 0. The van der Waals surface area contributed by atoms with Crippen LogP contribution in [-0.2, 0) is 6.18 Å². The fourth-order valence-electron chi connectivity index (χ4n) is 1.76. The van der Waals surface area contributed by atoms with Crippen LogP contribution in [-0.4, -0.2) is 6.61 Å². The Kier molecular flexibility index (Phi) is 4.47. The Morgan fingerprint density at radius 1 is 1.05 bits per heavy atom. The molecule has 1 unspecified atom stereocenters. The molecule has 0 aliphatic rings. The van der Waals surface area contributed by atoms with E-state index < -0.39 is 23.6 Å². The minimum Gasteiger partial charge on any atom is -0.492 e. The van der Waals surface area contributed by atoms with E-state index in [1.54, 1.807) is 0 Å². The van der Waals surface area contributed by atoms with E-state index in [4.69, 9.17) is 10.5 Å². The molecule has 0 amide bonds. The van der Waals surface area contributed by atoms with Crippen molar-refractivity contribution >= 4 is 0 Å². The van der Waals surface area contributed by atoms with Crippen LogP contribution in [0.15, 0.2) is 48.5 Å². The van der Waals surface area contributed by atoms with Gasteiger partial charge in [0.05, 0.1) is 11.6 Å². The van der Waals surface area contributed by atoms with Gasteiger partial charge in [0.1, 0.15) is 18.2 Å². The quantitative estimate of drug-likeness (QED) is 0.868. The number of nitrogens with two attached hydrogens (primary N) is 1. The van der Waals surface area contributed by atoms with Crippen LogP contribution < -0.4 is 10.5 Å². The van der Waals surface area contributed by atoms with Gasteiger partial charge in [-0.1, -0.05) is 12.1 Å². The molecule has 2 N–H and O–H groups in total. The molecule has 0 heterocycles. The molecule has 0 radical (unpaired) electrons. The third-order valence-electron chi connectivity index (χ3n) is 2.89. The van der Waals surface area contributed by atoms with Crippen molar-refractivity contribution < 1.29 is 22.3 Å². The Labute approximate surface area is 119 Å². The van der Waals surface area contributed by atoms with Crippen molar-refractivity contribution in [2.45, 2.75) is 12.2 Å². The molecular formula is C15H13F4NO. The Hall–Kier alpha value is -2.08. The number of benzene rings is 2. The van der Waals surface area contributed by atoms with Gasteiger partial charge in [0, 0.05) is 0 Å². The third-order valence-corrected chi connectivity index (χ3v) is 2.89. The van der Waals surface area contributed by atoms with E-state index in [9.17, 15) is 17.6 Å². The van der Waals surface area contributed by atoms with Gasteiger partial charge >= 0.3 is 6.18 Å². The van der Waals surface area contributed by atoms with E-state index in [0.29, 0.717) is 11.3 Å². The topological polar surface area (TPSA) is 35.2 Å². The zero-order chi connectivity index (χ0) is 15.5. The predicted molar refractivity (Wildman–Crippen MR) is 70.3 cm³/mol. The first-order chi connectivity index (χ1) is 9.86. The highest BCUT2D eigenvalue weighted by Crippen LogP contribution is 2.30. The van der Waals surface area contributed by atoms with Gasteiger partial charge in [-0.2, -0.15) is 13.2 Å². The van der Waals surface area contributed by atoms with E-state index >= 15 is 0 Å². The van der Waals surface area contributed by atoms with Crippen LogP contribution in [0.25, 0.3) is 0 Å². The van der Waals surface area contributed by atoms with Crippen LogP contribution in [0.5, 0.6) is 5.75 Å². The molecule has 0 aliphatic heterocycles. The molecule has 21 heavy (non-hydrogen) atoms. The standard InChI is InChI=1S/C15H13F4NO/c16-12-4-6-13(7-5-12)21-9-14(20)10-2-1-3-11(8-10)15(17,18)19/h1-8,14H,9,20H2. The number of hydrogen-bond acceptors (Lipinski definition) is 2. The maximum atomic E-state index is 12.7. The van der Waals surface area contributed by atoms with Crippen molar-refractivity contribution in [3.63, 3.8) is 0 Å². The number of halogens is 4. The first-order valence-corrected chi connectivity index (χ1v) is 6.17. The second-order valence-electron chi connectivity index (χ2n) is 4.49. The molecule has 0 saturated carbocycles. The maximum Gasteiger partial charge on any atom is 0.416 e. The van der Waals surface area contributed by atoms with E-state index in [1.807, 2.05) is 0 Å². The normalized spacial score (nSPS) is 13.0. The van der Waals surface area contributed by atoms with Gasteiger partial charge in [0.2, 0.25) is 0 Å². The number of alkyl halides is 3. The average Bonchev–Trinajstić information content (AvgIpc) is 2.45. The molecule has 0 bridgehead atoms. The van der Waals surface area contributed by atoms with E-state index in [-0.39, 0.29) is 6.61 Å². The van der Waals surface area contributed by atoms with Crippen molar-refractivity contribution in [1.29, 1.82) is 0 Å². The predicted octanol–water partition coefficient (Wildman–Crippen LogP) is 3.92. The highest BCUT2D eigenvalue weighted by molar-refractivity contribution is 5.28. The SMILES string of the molecule is NC(COc1ccc(F)cc1)c1cccc(C(F)(F)F)c1. The van der Waals surface area contributed by atoms with Gasteiger partial charge in [-0.3, -0.25) is 0 Å². The molecular weight excluding hydrogens is 286 g/mol. The Bertz CT molecular complexity index is 595. The number of hydrogen-bond donors (Lipinski definition) is 1. The summed E-state index contributed by atoms with van der Waals surface area (Å²) in [7, 11) is 0. The Morgan fingerprint density at radius 2 is 1.71 bits per heavy atom. The molecule has 112 valence electrons. The van der Waals surface area contributed by atoms with E-state index in [1.165, 1.54) is 36.4 Å². The van der Waals surface area contributed by atoms with Crippen LogP contribution in [0.3, 0.4) is 0 Å². The van der Waals surface area contributed by atoms with Gasteiger partial charge < -0.3 is 10.5 Å². The molecule has 6 heteroatoms. The average molecular weight is 299 g/mol. The molecule has 2 rings (SSSR count). The first kappa shape index (κ1) is 15.3. The Morgan fingerprint density at radius 3 is 2.33 bits per heavy atom. The van der Waals surface area contributed by atoms with Crippen LogP contribution >= 0.6 is 0 Å². The lowest BCUT2D eigenvalue weighted by molar-refractivity contribution is -0.137. The summed E-state index contributed by atoms with van der Waals surface area (Å²) in [5.74, 6) is 0.00310. The largest absolute Gasteiger partial charge is 0.492 e. The summed E-state index contributed by atoms with van der Waals surface area (Å²) in [4.78, 5) is 0. The molecule has 2 nitrogen and oxygen atoms in total. The van der Waals surface area contributed by atoms with Crippen molar-refractivity contribution in [2.24, 2.45) is 5.73 Å². The zero-order valence-corrected chi connectivity index (χ0v) is 10.9. The number of rotatable bonds is 4. The molecule has 2 aromatic carbocycles. The second-order valence-corrected chi connectivity index (χ2v) is 4.49. The van der Waals surface area contributed by atoms with E-state index in [2.05, 4.69) is 0 Å². The first-order valence-electron chi connectivity index (χ1n) is 6.17. The summed E-state index contributed by atoms with van der Waals surface area (Å²) < 4.78 is 55.9. The van der Waals surface area contributed by atoms with Crippen molar-refractivity contribution in [3.8, 4) is 5.75 Å². The lowest BCUT2D eigenvalue weighted by atomic mass is 10.0. The van der Waals surface area contributed by atoms with E-state index in [0.717, 1.165) is 12.1 Å². The fraction of sp³-hybridized carbons (Fsp3) is 0.200. The molecule has 0 saturated heterocycles. The van der Waals surface area contributed by atoms with Gasteiger partial charge in [-0.25, -0.2) is 4.39 Å². The maximum absolute atomic E-state index is 12.7. The molecule has 0 fully saturated rings. The van der Waals surface area contributed by atoms with Crippen LogP contribution in [0.1, 0.15) is 17.2 Å². The van der Waals surface area contributed by atoms with Crippen molar-refractivity contribution in [3.05, 3.63) is 65.5 Å². The summed E-state index contributed by atoms with van der Waals surface area (Å²) in [5, 5.41) is 0. The highest BCUT2D eigenvalue weighted by Gasteiger charge is 2.30.